The number of rotatable bonds is 5. The maximum atomic E-state index is 13.1. The Kier molecular flexibility index (Phi) is 6.57. The molecule has 4 nitrogen and oxygen atoms in total. The lowest BCUT2D eigenvalue weighted by molar-refractivity contribution is -0.136. The van der Waals surface area contributed by atoms with Crippen molar-refractivity contribution in [3.63, 3.8) is 0 Å². The van der Waals surface area contributed by atoms with Crippen molar-refractivity contribution in [2.24, 2.45) is 0 Å². The summed E-state index contributed by atoms with van der Waals surface area (Å²) in [7, 11) is 1.39. The SMILES string of the molecule is COC(=O)C(C)=CCN1CCN(Cc2ccc(F)cc2Cl)CC1. The van der Waals surface area contributed by atoms with Crippen molar-refractivity contribution in [2.75, 3.05) is 39.8 Å². The number of hydrogen-bond donors (Lipinski definition) is 0. The van der Waals surface area contributed by atoms with Gasteiger partial charge in [0.2, 0.25) is 0 Å². The number of esters is 1. The summed E-state index contributed by atoms with van der Waals surface area (Å²) in [6.07, 6.45) is 1.90. The van der Waals surface area contributed by atoms with E-state index in [0.717, 1.165) is 44.8 Å². The average molecular weight is 341 g/mol. The van der Waals surface area contributed by atoms with Gasteiger partial charge in [-0.15, -0.1) is 0 Å². The zero-order valence-electron chi connectivity index (χ0n) is 13.5. The Labute approximate surface area is 141 Å². The smallest absolute Gasteiger partial charge is 0.333 e. The standard InChI is InChI=1S/C17H22ClFN2O2/c1-13(17(22)23-2)5-6-20-7-9-21(10-8-20)12-14-3-4-15(19)11-16(14)18/h3-5,11H,6-10,12H2,1-2H3. The molecule has 1 heterocycles. The van der Waals surface area contributed by atoms with Gasteiger partial charge in [-0.2, -0.15) is 0 Å². The highest BCUT2D eigenvalue weighted by Gasteiger charge is 2.17. The van der Waals surface area contributed by atoms with Crippen LogP contribution in [0.1, 0.15) is 12.5 Å². The Balaban J connectivity index is 1.81. The van der Waals surface area contributed by atoms with E-state index in [1.807, 2.05) is 6.08 Å². The van der Waals surface area contributed by atoms with Crippen molar-refractivity contribution in [2.45, 2.75) is 13.5 Å². The molecule has 1 aliphatic rings. The minimum atomic E-state index is -0.309. The molecular formula is C17H22ClFN2O2. The molecule has 0 bridgehead atoms. The maximum Gasteiger partial charge on any atom is 0.333 e. The molecule has 0 N–H and O–H groups in total. The first kappa shape index (κ1) is 17.9. The van der Waals surface area contributed by atoms with Crippen molar-refractivity contribution in [3.05, 3.63) is 46.3 Å². The van der Waals surface area contributed by atoms with E-state index in [9.17, 15) is 9.18 Å². The summed E-state index contributed by atoms with van der Waals surface area (Å²) in [5.41, 5.74) is 1.58. The Morgan fingerprint density at radius 1 is 1.30 bits per heavy atom. The first-order valence-corrected chi connectivity index (χ1v) is 8.01. The topological polar surface area (TPSA) is 32.8 Å². The van der Waals surface area contributed by atoms with Crippen LogP contribution >= 0.6 is 11.6 Å². The van der Waals surface area contributed by atoms with E-state index in [2.05, 4.69) is 14.5 Å². The normalized spacial score (nSPS) is 17.3. The number of halogens is 2. The number of hydrogen-bond acceptors (Lipinski definition) is 4. The summed E-state index contributed by atoms with van der Waals surface area (Å²) < 4.78 is 17.7. The van der Waals surface area contributed by atoms with Crippen LogP contribution in [0.2, 0.25) is 5.02 Å². The Hall–Kier alpha value is -1.43. The summed E-state index contributed by atoms with van der Waals surface area (Å²) in [6.45, 7) is 6.90. The lowest BCUT2D eigenvalue weighted by atomic mass is 10.2. The van der Waals surface area contributed by atoms with Crippen molar-refractivity contribution >= 4 is 17.6 Å². The van der Waals surface area contributed by atoms with E-state index in [1.54, 1.807) is 13.0 Å². The highest BCUT2D eigenvalue weighted by molar-refractivity contribution is 6.31. The van der Waals surface area contributed by atoms with Gasteiger partial charge in [-0.05, 0) is 24.6 Å². The van der Waals surface area contributed by atoms with Gasteiger partial charge in [0, 0.05) is 49.9 Å². The minimum absolute atomic E-state index is 0.283. The molecule has 0 aromatic heterocycles. The van der Waals surface area contributed by atoms with Crippen molar-refractivity contribution in [3.8, 4) is 0 Å². The Bertz CT molecular complexity index is 584. The van der Waals surface area contributed by atoms with E-state index in [4.69, 9.17) is 11.6 Å². The van der Waals surface area contributed by atoms with E-state index < -0.39 is 0 Å². The fourth-order valence-electron chi connectivity index (χ4n) is 2.53. The predicted molar refractivity (Wildman–Crippen MR) is 88.9 cm³/mol. The van der Waals surface area contributed by atoms with Gasteiger partial charge in [0.15, 0.2) is 0 Å². The second kappa shape index (κ2) is 8.43. The molecule has 6 heteroatoms. The zero-order chi connectivity index (χ0) is 16.8. The minimum Gasteiger partial charge on any atom is -0.466 e. The predicted octanol–water partition coefficient (Wildman–Crippen LogP) is 2.72. The van der Waals surface area contributed by atoms with Crippen LogP contribution in [0, 0.1) is 5.82 Å². The Morgan fingerprint density at radius 3 is 2.57 bits per heavy atom. The van der Waals surface area contributed by atoms with Gasteiger partial charge in [0.1, 0.15) is 5.82 Å². The van der Waals surface area contributed by atoms with Crippen LogP contribution in [0.25, 0.3) is 0 Å². The third kappa shape index (κ3) is 5.30. The first-order chi connectivity index (χ1) is 11.0. The number of carbonyl (C=O) groups is 1. The van der Waals surface area contributed by atoms with Crippen molar-refractivity contribution in [1.29, 1.82) is 0 Å². The third-order valence-corrected chi connectivity index (χ3v) is 4.39. The first-order valence-electron chi connectivity index (χ1n) is 7.63. The van der Waals surface area contributed by atoms with Gasteiger partial charge in [0.05, 0.1) is 7.11 Å². The fourth-order valence-corrected chi connectivity index (χ4v) is 2.76. The van der Waals surface area contributed by atoms with E-state index in [0.29, 0.717) is 10.6 Å². The molecule has 0 aliphatic carbocycles. The van der Waals surface area contributed by atoms with E-state index in [-0.39, 0.29) is 11.8 Å². The zero-order valence-corrected chi connectivity index (χ0v) is 14.3. The lowest BCUT2D eigenvalue weighted by Crippen LogP contribution is -2.45. The third-order valence-electron chi connectivity index (χ3n) is 4.04. The molecule has 2 rings (SSSR count). The highest BCUT2D eigenvalue weighted by atomic mass is 35.5. The quantitative estimate of drug-likeness (QED) is 0.609. The van der Waals surface area contributed by atoms with Crippen LogP contribution in [0.5, 0.6) is 0 Å². The molecule has 0 saturated carbocycles. The molecule has 1 aromatic rings. The summed E-state index contributed by atoms with van der Waals surface area (Å²) in [5.74, 6) is -0.592. The van der Waals surface area contributed by atoms with Gasteiger partial charge in [-0.25, -0.2) is 9.18 Å². The second-order valence-electron chi connectivity index (χ2n) is 5.69. The highest BCUT2D eigenvalue weighted by Crippen LogP contribution is 2.19. The van der Waals surface area contributed by atoms with E-state index >= 15 is 0 Å². The van der Waals surface area contributed by atoms with E-state index in [1.165, 1.54) is 19.2 Å². The van der Waals surface area contributed by atoms with Crippen LogP contribution in [0.3, 0.4) is 0 Å². The fraction of sp³-hybridized carbons (Fsp3) is 0.471. The molecule has 0 amide bonds. The summed E-state index contributed by atoms with van der Waals surface area (Å²) >= 11 is 6.08. The summed E-state index contributed by atoms with van der Waals surface area (Å²) in [5, 5.41) is 0.476. The molecular weight excluding hydrogens is 319 g/mol. The monoisotopic (exact) mass is 340 g/mol. The van der Waals surface area contributed by atoms with Crippen molar-refractivity contribution in [1.82, 2.24) is 9.80 Å². The Morgan fingerprint density at radius 2 is 1.96 bits per heavy atom. The number of piperazine rings is 1. The largest absolute Gasteiger partial charge is 0.466 e. The van der Waals surface area contributed by atoms with Crippen LogP contribution in [0.15, 0.2) is 29.8 Å². The number of benzene rings is 1. The molecule has 1 aliphatic heterocycles. The number of methoxy groups -OCH3 is 1. The molecule has 0 radical (unpaired) electrons. The average Bonchev–Trinajstić information content (AvgIpc) is 2.55. The number of carbonyl (C=O) groups excluding carboxylic acids is 1. The number of ether oxygens (including phenoxy) is 1. The molecule has 0 unspecified atom stereocenters. The molecule has 126 valence electrons. The van der Waals surface area contributed by atoms with Gasteiger partial charge in [-0.3, -0.25) is 9.80 Å². The van der Waals surface area contributed by atoms with Gasteiger partial charge >= 0.3 is 5.97 Å². The van der Waals surface area contributed by atoms with Crippen molar-refractivity contribution < 1.29 is 13.9 Å². The lowest BCUT2D eigenvalue weighted by Gasteiger charge is -2.34. The van der Waals surface area contributed by atoms with Crippen LogP contribution in [-0.4, -0.2) is 55.6 Å². The summed E-state index contributed by atoms with van der Waals surface area (Å²) in [4.78, 5) is 15.9. The molecule has 0 atom stereocenters. The van der Waals surface area contributed by atoms with Crippen LogP contribution < -0.4 is 0 Å². The molecule has 1 aromatic carbocycles. The molecule has 0 spiro atoms. The number of nitrogens with zero attached hydrogens (tertiary/aromatic N) is 2. The van der Waals surface area contributed by atoms with Gasteiger partial charge in [-0.1, -0.05) is 23.7 Å². The molecule has 1 saturated heterocycles. The van der Waals surface area contributed by atoms with Crippen LogP contribution in [-0.2, 0) is 16.1 Å². The molecule has 1 fully saturated rings. The van der Waals surface area contributed by atoms with Crippen LogP contribution in [0.4, 0.5) is 4.39 Å². The van der Waals surface area contributed by atoms with Gasteiger partial charge in [0.25, 0.3) is 0 Å². The molecule has 23 heavy (non-hydrogen) atoms. The summed E-state index contributed by atoms with van der Waals surface area (Å²) in [6, 6.07) is 4.54. The van der Waals surface area contributed by atoms with Gasteiger partial charge < -0.3 is 4.74 Å². The second-order valence-corrected chi connectivity index (χ2v) is 6.10. The maximum absolute atomic E-state index is 13.1.